The molecule has 0 fully saturated rings. The Hall–Kier alpha value is -4.00. The SMILES string of the molecule is CCCCC/C=C\C=C\CCCCCCCCC(=O)Oc1ccc2c(c1)C(=O)/C(=C/c1cccc([N+](=O)[O-])c1)O2. The second-order valence-corrected chi connectivity index (χ2v) is 9.94. The van der Waals surface area contributed by atoms with Crippen LogP contribution in [0.15, 0.2) is 72.5 Å². The molecule has 1 aliphatic rings. The van der Waals surface area contributed by atoms with Crippen LogP contribution in [0.2, 0.25) is 0 Å². The zero-order valence-electron chi connectivity index (χ0n) is 23.3. The molecular formula is C33H39NO6. The van der Waals surface area contributed by atoms with Crippen molar-refractivity contribution in [2.24, 2.45) is 0 Å². The van der Waals surface area contributed by atoms with E-state index in [2.05, 4.69) is 31.2 Å². The van der Waals surface area contributed by atoms with E-state index in [9.17, 15) is 19.7 Å². The molecule has 0 unspecified atom stereocenters. The summed E-state index contributed by atoms with van der Waals surface area (Å²) in [6.07, 6.45) is 23.1. The minimum absolute atomic E-state index is 0.0599. The molecule has 0 saturated heterocycles. The van der Waals surface area contributed by atoms with Gasteiger partial charge in [0.25, 0.3) is 5.69 Å². The Morgan fingerprint density at radius 2 is 1.62 bits per heavy atom. The normalized spacial score (nSPS) is 13.7. The van der Waals surface area contributed by atoms with Crippen molar-refractivity contribution in [2.75, 3.05) is 0 Å². The lowest BCUT2D eigenvalue weighted by Crippen LogP contribution is -2.08. The lowest BCUT2D eigenvalue weighted by Gasteiger charge is -2.05. The van der Waals surface area contributed by atoms with E-state index in [1.165, 1.54) is 62.8 Å². The van der Waals surface area contributed by atoms with Gasteiger partial charge in [0.1, 0.15) is 11.5 Å². The van der Waals surface area contributed by atoms with Gasteiger partial charge in [-0.15, -0.1) is 0 Å². The third-order valence-corrected chi connectivity index (χ3v) is 6.61. The van der Waals surface area contributed by atoms with Crippen LogP contribution in [0.5, 0.6) is 11.5 Å². The number of nitro benzene ring substituents is 1. The Morgan fingerprint density at radius 3 is 2.35 bits per heavy atom. The van der Waals surface area contributed by atoms with E-state index >= 15 is 0 Å². The fourth-order valence-electron chi connectivity index (χ4n) is 4.39. The van der Waals surface area contributed by atoms with Gasteiger partial charge in [0.15, 0.2) is 5.76 Å². The Kier molecular flexibility index (Phi) is 12.9. The zero-order valence-corrected chi connectivity index (χ0v) is 23.3. The van der Waals surface area contributed by atoms with Crippen molar-refractivity contribution >= 4 is 23.5 Å². The van der Waals surface area contributed by atoms with Crippen LogP contribution in [0.1, 0.15) is 99.9 Å². The number of unbranched alkanes of at least 4 members (excludes halogenated alkanes) is 9. The molecule has 3 rings (SSSR count). The van der Waals surface area contributed by atoms with Gasteiger partial charge in [0.2, 0.25) is 5.78 Å². The molecule has 0 spiro atoms. The molecule has 0 bridgehead atoms. The second kappa shape index (κ2) is 16.9. The fourth-order valence-corrected chi connectivity index (χ4v) is 4.39. The molecule has 0 aromatic heterocycles. The number of carbonyl (C=O) groups excluding carboxylic acids is 2. The third kappa shape index (κ3) is 10.3. The number of benzene rings is 2. The number of ether oxygens (including phenoxy) is 2. The molecule has 2 aromatic carbocycles. The van der Waals surface area contributed by atoms with Crippen molar-refractivity contribution in [2.45, 2.75) is 84.0 Å². The maximum absolute atomic E-state index is 12.8. The Bertz CT molecular complexity index is 1240. The molecule has 0 aliphatic carbocycles. The predicted molar refractivity (Wildman–Crippen MR) is 157 cm³/mol. The summed E-state index contributed by atoms with van der Waals surface area (Å²) in [6, 6.07) is 10.6. The van der Waals surface area contributed by atoms with Crippen molar-refractivity contribution in [3.63, 3.8) is 0 Å². The van der Waals surface area contributed by atoms with Crippen LogP contribution in [-0.2, 0) is 4.79 Å². The molecular weight excluding hydrogens is 506 g/mol. The number of esters is 1. The standard InChI is InChI=1S/C33H39NO6/c1-2-3-4-5-6-7-8-9-10-11-12-13-14-15-16-20-32(35)39-28-21-22-30-29(25-28)33(36)31(40-30)24-26-18-17-19-27(23-26)34(37)38/h6-9,17-19,21-25H,2-5,10-16,20H2,1H3/b7-6-,9-8+,31-24-. The molecule has 1 aliphatic heterocycles. The lowest BCUT2D eigenvalue weighted by atomic mass is 10.1. The lowest BCUT2D eigenvalue weighted by molar-refractivity contribution is -0.384. The van der Waals surface area contributed by atoms with Crippen LogP contribution >= 0.6 is 0 Å². The van der Waals surface area contributed by atoms with E-state index in [-0.39, 0.29) is 23.2 Å². The molecule has 7 nitrogen and oxygen atoms in total. The van der Waals surface area contributed by atoms with E-state index in [1.807, 2.05) is 0 Å². The topological polar surface area (TPSA) is 95.7 Å². The zero-order chi connectivity index (χ0) is 28.6. The molecule has 40 heavy (non-hydrogen) atoms. The van der Waals surface area contributed by atoms with Crippen LogP contribution in [0, 0.1) is 10.1 Å². The molecule has 0 radical (unpaired) electrons. The summed E-state index contributed by atoms with van der Waals surface area (Å²) in [5.41, 5.74) is 0.700. The number of non-ortho nitro benzene ring substituents is 1. The number of carbonyl (C=O) groups is 2. The Balaban J connectivity index is 1.32. The van der Waals surface area contributed by atoms with Crippen LogP contribution in [0.3, 0.4) is 0 Å². The summed E-state index contributed by atoms with van der Waals surface area (Å²) >= 11 is 0. The molecule has 1 heterocycles. The van der Waals surface area contributed by atoms with E-state index in [0.29, 0.717) is 29.0 Å². The van der Waals surface area contributed by atoms with Crippen molar-refractivity contribution in [3.8, 4) is 11.5 Å². The quantitative estimate of drug-likeness (QED) is 0.0374. The first-order valence-electron chi connectivity index (χ1n) is 14.3. The molecule has 0 atom stereocenters. The highest BCUT2D eigenvalue weighted by Gasteiger charge is 2.28. The van der Waals surface area contributed by atoms with Crippen molar-refractivity contribution in [3.05, 3.63) is 93.8 Å². The van der Waals surface area contributed by atoms with E-state index in [4.69, 9.17) is 9.47 Å². The van der Waals surface area contributed by atoms with Crippen LogP contribution in [0.25, 0.3) is 6.08 Å². The molecule has 2 aromatic rings. The van der Waals surface area contributed by atoms with Gasteiger partial charge in [-0.2, -0.15) is 0 Å². The maximum atomic E-state index is 12.8. The number of nitrogens with zero attached hydrogens (tertiary/aromatic N) is 1. The van der Waals surface area contributed by atoms with Gasteiger partial charge in [-0.1, -0.05) is 81.9 Å². The fraction of sp³-hybridized carbons (Fsp3) is 0.394. The van der Waals surface area contributed by atoms with Crippen molar-refractivity contribution < 1.29 is 24.0 Å². The summed E-state index contributed by atoms with van der Waals surface area (Å²) in [5, 5.41) is 11.0. The van der Waals surface area contributed by atoms with Crippen molar-refractivity contribution in [1.82, 2.24) is 0 Å². The summed E-state index contributed by atoms with van der Waals surface area (Å²) < 4.78 is 11.1. The number of rotatable bonds is 17. The molecule has 7 heteroatoms. The number of nitro groups is 1. The summed E-state index contributed by atoms with van der Waals surface area (Å²) in [7, 11) is 0. The number of hydrogen-bond acceptors (Lipinski definition) is 6. The average molecular weight is 546 g/mol. The highest BCUT2D eigenvalue weighted by molar-refractivity contribution is 6.14. The summed E-state index contributed by atoms with van der Waals surface area (Å²) in [6.45, 7) is 2.22. The maximum Gasteiger partial charge on any atom is 0.311 e. The van der Waals surface area contributed by atoms with Gasteiger partial charge in [0, 0.05) is 18.6 Å². The summed E-state index contributed by atoms with van der Waals surface area (Å²) in [4.78, 5) is 35.6. The number of hydrogen-bond donors (Lipinski definition) is 0. The van der Waals surface area contributed by atoms with E-state index < -0.39 is 4.92 Å². The minimum Gasteiger partial charge on any atom is -0.452 e. The van der Waals surface area contributed by atoms with Crippen molar-refractivity contribution in [1.29, 1.82) is 0 Å². The first-order chi connectivity index (χ1) is 19.5. The average Bonchev–Trinajstić information content (AvgIpc) is 3.25. The second-order valence-electron chi connectivity index (χ2n) is 9.94. The third-order valence-electron chi connectivity index (χ3n) is 6.61. The molecule has 0 saturated carbocycles. The Morgan fingerprint density at radius 1 is 0.925 bits per heavy atom. The van der Waals surface area contributed by atoms with Crippen LogP contribution in [0.4, 0.5) is 5.69 Å². The highest BCUT2D eigenvalue weighted by Crippen LogP contribution is 2.35. The van der Waals surface area contributed by atoms with Gasteiger partial charge in [0.05, 0.1) is 10.5 Å². The van der Waals surface area contributed by atoms with Gasteiger partial charge in [-0.3, -0.25) is 19.7 Å². The van der Waals surface area contributed by atoms with Crippen LogP contribution in [-0.4, -0.2) is 16.7 Å². The van der Waals surface area contributed by atoms with Gasteiger partial charge in [-0.25, -0.2) is 0 Å². The first-order valence-corrected chi connectivity index (χ1v) is 14.3. The van der Waals surface area contributed by atoms with Gasteiger partial charge < -0.3 is 9.47 Å². The highest BCUT2D eigenvalue weighted by atomic mass is 16.6. The monoisotopic (exact) mass is 545 g/mol. The predicted octanol–water partition coefficient (Wildman–Crippen LogP) is 8.93. The van der Waals surface area contributed by atoms with E-state index in [1.54, 1.807) is 24.3 Å². The number of fused-ring (bicyclic) bond motifs is 1. The molecule has 0 N–H and O–H groups in total. The number of allylic oxidation sites excluding steroid dienone is 5. The van der Waals surface area contributed by atoms with E-state index in [0.717, 1.165) is 32.1 Å². The summed E-state index contributed by atoms with van der Waals surface area (Å²) in [5.74, 6) is 0.0157. The molecule has 212 valence electrons. The smallest absolute Gasteiger partial charge is 0.311 e. The van der Waals surface area contributed by atoms with Crippen LogP contribution < -0.4 is 9.47 Å². The number of Topliss-reactive ketones (excluding diaryl/α,β-unsaturated/α-hetero) is 1. The first kappa shape index (κ1) is 30.5. The minimum atomic E-state index is -0.496. The Labute approximate surface area is 236 Å². The largest absolute Gasteiger partial charge is 0.452 e. The molecule has 0 amide bonds. The van der Waals surface area contributed by atoms with Gasteiger partial charge in [-0.05, 0) is 61.9 Å². The number of ketones is 1. The van der Waals surface area contributed by atoms with Gasteiger partial charge >= 0.3 is 5.97 Å².